The molecule has 5 aliphatic heterocycles. The highest BCUT2D eigenvalue weighted by atomic mass is 16.6. The number of hydrogen-bond donors (Lipinski definition) is 4. The minimum Gasteiger partial charge on any atom is -0.486 e. The molecule has 2 bridgehead atoms. The molecule has 0 spiro atoms. The van der Waals surface area contributed by atoms with Crippen molar-refractivity contribution >= 4 is 73.2 Å². The fraction of sp³-hybridized carbons (Fsp3) is 0.493. The molecular weight excluding hydrogens is 1230 g/mol. The average molecular weight is 1320 g/mol. The molecular formula is C73H86N14O10. The number of ether oxygens (including phenoxy) is 5. The Labute approximate surface area is 562 Å². The van der Waals surface area contributed by atoms with Gasteiger partial charge in [0, 0.05) is 91.6 Å². The predicted octanol–water partition coefficient (Wildman–Crippen LogP) is 10.2. The van der Waals surface area contributed by atoms with Gasteiger partial charge in [-0.2, -0.15) is 25.3 Å². The molecule has 15 rings (SSSR count). The molecule has 5 N–H and O–H groups in total. The Balaban J connectivity index is 0.776. The minimum atomic E-state index is -1.02. The molecule has 9 aromatic rings. The number of pyridine rings is 1. The minimum absolute atomic E-state index is 0.0220. The number of piperazine rings is 1. The Kier molecular flexibility index (Phi) is 17.0. The van der Waals surface area contributed by atoms with E-state index in [0.717, 1.165) is 105 Å². The van der Waals surface area contributed by atoms with Crippen molar-refractivity contribution in [1.29, 1.82) is 0 Å². The molecule has 2 unspecified atom stereocenters. The smallest absolute Gasteiger partial charge is 0.410 e. The zero-order valence-corrected chi connectivity index (χ0v) is 56.2. The largest absolute Gasteiger partial charge is 0.486 e. The number of benzene rings is 4. The van der Waals surface area contributed by atoms with Crippen molar-refractivity contribution in [2.75, 3.05) is 56.7 Å². The third kappa shape index (κ3) is 12.2. The summed E-state index contributed by atoms with van der Waals surface area (Å²) in [7, 11) is 0. The van der Waals surface area contributed by atoms with Crippen molar-refractivity contribution in [2.24, 2.45) is 5.92 Å². The van der Waals surface area contributed by atoms with E-state index in [2.05, 4.69) is 40.4 Å². The second-order valence-corrected chi connectivity index (χ2v) is 28.5. The first kappa shape index (κ1) is 64.0. The number of amides is 3. The van der Waals surface area contributed by atoms with E-state index in [1.165, 1.54) is 4.90 Å². The van der Waals surface area contributed by atoms with E-state index < -0.39 is 35.7 Å². The molecule has 97 heavy (non-hydrogen) atoms. The number of aliphatic hydroxyl groups excluding tert-OH is 2. The Morgan fingerprint density at radius 3 is 2.36 bits per heavy atom. The van der Waals surface area contributed by atoms with Crippen molar-refractivity contribution in [3.63, 3.8) is 0 Å². The molecule has 4 aromatic carbocycles. The van der Waals surface area contributed by atoms with Gasteiger partial charge in [0.15, 0.2) is 17.8 Å². The number of aliphatic hydroxyl groups is 2. The van der Waals surface area contributed by atoms with Gasteiger partial charge in [0.25, 0.3) is 0 Å². The van der Waals surface area contributed by atoms with Crippen LogP contribution in [-0.4, -0.2) is 164 Å². The van der Waals surface area contributed by atoms with Gasteiger partial charge in [0.05, 0.1) is 67.0 Å². The van der Waals surface area contributed by atoms with Crippen molar-refractivity contribution in [2.45, 2.75) is 180 Å². The normalized spacial score (nSPS) is 21.4. The number of hydrogen-bond acceptors (Lipinski definition) is 18. The number of nitrogens with two attached hydrogens (primary N) is 1. The summed E-state index contributed by atoms with van der Waals surface area (Å²) >= 11 is 0. The van der Waals surface area contributed by atoms with Gasteiger partial charge in [0.2, 0.25) is 11.8 Å². The molecule has 508 valence electrons. The van der Waals surface area contributed by atoms with Crippen LogP contribution in [0.4, 0.5) is 16.4 Å². The number of aromatic nitrogens is 9. The number of fused-ring (bicyclic) bond motifs is 7. The lowest BCUT2D eigenvalue weighted by atomic mass is 9.89. The molecule has 24 heteroatoms. The first-order valence-corrected chi connectivity index (χ1v) is 34.6. The molecule has 6 aliphatic rings. The summed E-state index contributed by atoms with van der Waals surface area (Å²) in [6.45, 7) is 16.9. The van der Waals surface area contributed by atoms with Crippen molar-refractivity contribution in [3.05, 3.63) is 108 Å². The third-order valence-corrected chi connectivity index (χ3v) is 20.3. The lowest BCUT2D eigenvalue weighted by molar-refractivity contribution is -0.142. The lowest BCUT2D eigenvalue weighted by Crippen LogP contribution is -2.50. The molecule has 5 saturated heterocycles. The number of carbonyl (C=O) groups excluding carboxylic acids is 3. The quantitative estimate of drug-likeness (QED) is 0.0621. The van der Waals surface area contributed by atoms with Crippen LogP contribution in [0.25, 0.3) is 66.0 Å². The van der Waals surface area contributed by atoms with Crippen LogP contribution in [0.1, 0.15) is 146 Å². The summed E-state index contributed by atoms with van der Waals surface area (Å²) in [5, 5.41) is 42.3. The highest BCUT2D eigenvalue weighted by Crippen LogP contribution is 2.54. The van der Waals surface area contributed by atoms with Crippen LogP contribution in [0.3, 0.4) is 0 Å². The topological polar surface area (TPSA) is 278 Å². The van der Waals surface area contributed by atoms with E-state index >= 15 is 4.79 Å². The maximum Gasteiger partial charge on any atom is 0.410 e. The fourth-order valence-electron chi connectivity index (χ4n) is 15.4. The van der Waals surface area contributed by atoms with Crippen LogP contribution in [0, 0.1) is 12.8 Å². The van der Waals surface area contributed by atoms with Crippen LogP contribution < -0.4 is 25.4 Å². The Morgan fingerprint density at radius 2 is 1.64 bits per heavy atom. The molecule has 1 aliphatic carbocycles. The number of likely N-dealkylation sites (tertiary alicyclic amines) is 2. The van der Waals surface area contributed by atoms with Crippen molar-refractivity contribution < 1.29 is 48.3 Å². The molecule has 7 atom stereocenters. The monoisotopic (exact) mass is 1320 g/mol. The summed E-state index contributed by atoms with van der Waals surface area (Å²) in [5.74, 6) is 0.529. The average Bonchev–Trinajstić information content (AvgIpc) is 1.72. The van der Waals surface area contributed by atoms with Gasteiger partial charge in [-0.15, -0.1) is 0 Å². The standard InChI is InChI=1S/C73H86N14O10/c1-8-85-57(22-25-75-85)45-18-16-44(17-19-45)56(38-88)78-69(90)59-31-48(89)36-84(59)70(91)65(40(2)3)86-37-54-50-20-13-42(29-55(50)77-67(74)64(54)81-86)39-95-66-62(61-41(4)12-21-58-53(61)33-76-87(58)60-11-9-10-26-94-60)51(43-14-15-43)32-52-63(66)79-71(96-49-23-27-93-28-24-49)80-68(52)82-34-47-30-46(82)35-83(47)72(92)97-73(5,6)7/h12-13,16-22,25,29,32-33,37,40,43,46-49,56,59-60,65,88-89H,8-11,14-15,23-24,26-28,30-31,34-36,38-39H2,1-7H3,(H2,74,77)(H,78,90)/t46-,47-,48+,56-,59-,60?,65?/m0/s1. The summed E-state index contributed by atoms with van der Waals surface area (Å²) in [6, 6.07) is 19.5. The lowest BCUT2D eigenvalue weighted by Gasteiger charge is -2.36. The molecule has 10 heterocycles. The Hall–Kier alpha value is -8.97. The van der Waals surface area contributed by atoms with Crippen LogP contribution in [0.2, 0.25) is 0 Å². The van der Waals surface area contributed by atoms with Crippen molar-refractivity contribution in [3.8, 4) is 34.1 Å². The Morgan fingerprint density at radius 1 is 0.825 bits per heavy atom. The number of nitrogen functional groups attached to an aromatic ring is 1. The zero-order chi connectivity index (χ0) is 67.1. The van der Waals surface area contributed by atoms with Gasteiger partial charge in [0.1, 0.15) is 47.2 Å². The van der Waals surface area contributed by atoms with Crippen LogP contribution in [0.5, 0.6) is 11.8 Å². The molecule has 1 saturated carbocycles. The van der Waals surface area contributed by atoms with E-state index in [4.69, 9.17) is 54.6 Å². The molecule has 24 nitrogen and oxygen atoms in total. The molecule has 6 fully saturated rings. The maximum atomic E-state index is 15.0. The van der Waals surface area contributed by atoms with Gasteiger partial charge < -0.3 is 59.6 Å². The predicted molar refractivity (Wildman–Crippen MR) is 366 cm³/mol. The second kappa shape index (κ2) is 25.8. The fourth-order valence-corrected chi connectivity index (χ4v) is 15.4. The summed E-state index contributed by atoms with van der Waals surface area (Å²) in [5.41, 5.74) is 16.3. The maximum absolute atomic E-state index is 15.0. The van der Waals surface area contributed by atoms with Gasteiger partial charge in [-0.1, -0.05) is 56.3 Å². The number of nitrogens with one attached hydrogen (secondary N) is 1. The number of anilines is 2. The van der Waals surface area contributed by atoms with Crippen LogP contribution >= 0.6 is 0 Å². The van der Waals surface area contributed by atoms with Crippen LogP contribution in [-0.2, 0) is 37.0 Å². The summed E-state index contributed by atoms with van der Waals surface area (Å²) in [4.78, 5) is 64.4. The summed E-state index contributed by atoms with van der Waals surface area (Å²) in [6.07, 6.45) is 11.0. The number of aryl methyl sites for hydroxylation is 2. The summed E-state index contributed by atoms with van der Waals surface area (Å²) < 4.78 is 37.9. The van der Waals surface area contributed by atoms with E-state index in [9.17, 15) is 19.8 Å². The van der Waals surface area contributed by atoms with Crippen molar-refractivity contribution in [1.82, 2.24) is 59.4 Å². The van der Waals surface area contributed by atoms with E-state index in [1.54, 1.807) is 10.9 Å². The molecule has 5 aromatic heterocycles. The van der Waals surface area contributed by atoms with Crippen LogP contribution in [0.15, 0.2) is 85.3 Å². The number of rotatable bonds is 18. The highest BCUT2D eigenvalue weighted by Gasteiger charge is 2.49. The first-order chi connectivity index (χ1) is 46.9. The molecule has 3 amide bonds. The van der Waals surface area contributed by atoms with E-state index in [0.29, 0.717) is 85.5 Å². The SMILES string of the molecule is CCn1nccc1-c1ccc([C@H](CO)NC(=O)[C@@H]2C[C@@H](O)CN2C(=O)C(C(C)C)n2cc3c(n2)c(N)nc2cc(COc4c(-c5c(C)ccc6c5cnn6C5CCCCO5)c(C5CC5)cc5c(N6C[C@@H]7C[C@H]6CN7C(=O)OC(C)(C)C)nc(OC6CCOCC6)nc45)ccc23)cc1. The molecule has 0 radical (unpaired) electrons. The number of β-amino-alcohol motifs (C(OH)–C–C–N with tert-alkyl or cyclic N) is 1. The second-order valence-electron chi connectivity index (χ2n) is 28.5. The van der Waals surface area contributed by atoms with Gasteiger partial charge in [-0.05, 0) is 143 Å². The van der Waals surface area contributed by atoms with Gasteiger partial charge >= 0.3 is 12.1 Å². The first-order valence-electron chi connectivity index (χ1n) is 34.6. The zero-order valence-electron chi connectivity index (χ0n) is 56.2. The number of nitrogens with zero attached hydrogens (tertiary/aromatic N) is 12. The van der Waals surface area contributed by atoms with Gasteiger partial charge in [-0.3, -0.25) is 19.0 Å². The highest BCUT2D eigenvalue weighted by molar-refractivity contribution is 6.09. The van der Waals surface area contributed by atoms with Gasteiger partial charge in [-0.25, -0.2) is 14.5 Å². The van der Waals surface area contributed by atoms with E-state index in [-0.39, 0.29) is 86.3 Å². The van der Waals surface area contributed by atoms with E-state index in [1.807, 2.05) is 117 Å². The third-order valence-electron chi connectivity index (χ3n) is 20.3. The Bertz CT molecular complexity index is 4490. The number of carbonyl (C=O) groups is 3.